The van der Waals surface area contributed by atoms with Crippen molar-refractivity contribution in [2.75, 3.05) is 0 Å². The first-order valence-electron chi connectivity index (χ1n) is 6.44. The van der Waals surface area contributed by atoms with E-state index in [-0.39, 0.29) is 11.9 Å². The van der Waals surface area contributed by atoms with Gasteiger partial charge in [0.1, 0.15) is 5.82 Å². The van der Waals surface area contributed by atoms with E-state index in [1.54, 1.807) is 6.07 Å². The van der Waals surface area contributed by atoms with E-state index in [0.29, 0.717) is 0 Å². The summed E-state index contributed by atoms with van der Waals surface area (Å²) in [4.78, 5) is 0. The lowest BCUT2D eigenvalue weighted by Gasteiger charge is -2.17. The Labute approximate surface area is 113 Å². The lowest BCUT2D eigenvalue weighted by atomic mass is 9.97. The summed E-state index contributed by atoms with van der Waals surface area (Å²) in [6.45, 7) is 1.93. The summed E-state index contributed by atoms with van der Waals surface area (Å²) in [6.07, 6.45) is 1.64. The van der Waals surface area contributed by atoms with Gasteiger partial charge in [0.2, 0.25) is 0 Å². The van der Waals surface area contributed by atoms with Crippen molar-refractivity contribution < 1.29 is 4.39 Å². The highest BCUT2D eigenvalue weighted by atomic mass is 19.1. The maximum absolute atomic E-state index is 13.1. The highest BCUT2D eigenvalue weighted by molar-refractivity contribution is 5.28. The fourth-order valence-electron chi connectivity index (χ4n) is 2.24. The van der Waals surface area contributed by atoms with E-state index in [2.05, 4.69) is 17.6 Å². The van der Waals surface area contributed by atoms with Crippen molar-refractivity contribution in [3.63, 3.8) is 0 Å². The van der Waals surface area contributed by atoms with E-state index in [9.17, 15) is 4.39 Å². The standard InChI is InChI=1S/C16H19FN2/c1-12-9-15(17)8-7-14(12)11-16(19-18)10-13-5-3-2-4-6-13/h2-9,16,19H,10-11,18H2,1H3. The molecule has 0 amide bonds. The van der Waals surface area contributed by atoms with Gasteiger partial charge in [-0.2, -0.15) is 0 Å². The van der Waals surface area contributed by atoms with Gasteiger partial charge in [-0.1, -0.05) is 36.4 Å². The number of benzene rings is 2. The van der Waals surface area contributed by atoms with Crippen LogP contribution in [0.3, 0.4) is 0 Å². The normalized spacial score (nSPS) is 12.4. The molecule has 0 bridgehead atoms. The molecule has 3 heteroatoms. The van der Waals surface area contributed by atoms with Crippen LogP contribution in [0.15, 0.2) is 48.5 Å². The monoisotopic (exact) mass is 258 g/mol. The predicted octanol–water partition coefficient (Wildman–Crippen LogP) is 2.75. The molecule has 2 nitrogen and oxygen atoms in total. The second-order valence-electron chi connectivity index (χ2n) is 4.83. The van der Waals surface area contributed by atoms with Crippen LogP contribution >= 0.6 is 0 Å². The Morgan fingerprint density at radius 3 is 2.47 bits per heavy atom. The van der Waals surface area contributed by atoms with Crippen molar-refractivity contribution in [2.45, 2.75) is 25.8 Å². The molecule has 0 saturated heterocycles. The second kappa shape index (κ2) is 6.45. The van der Waals surface area contributed by atoms with E-state index in [1.165, 1.54) is 11.6 Å². The third-order valence-corrected chi connectivity index (χ3v) is 3.33. The number of hydrogen-bond acceptors (Lipinski definition) is 2. The summed E-state index contributed by atoms with van der Waals surface area (Å²) in [6, 6.07) is 15.2. The van der Waals surface area contributed by atoms with Gasteiger partial charge in [-0.05, 0) is 48.6 Å². The molecule has 0 aromatic heterocycles. The second-order valence-corrected chi connectivity index (χ2v) is 4.83. The average Bonchev–Trinajstić information content (AvgIpc) is 2.42. The van der Waals surface area contributed by atoms with E-state index < -0.39 is 0 Å². The minimum atomic E-state index is -0.193. The Morgan fingerprint density at radius 1 is 1.11 bits per heavy atom. The summed E-state index contributed by atoms with van der Waals surface area (Å²) in [5, 5.41) is 0. The van der Waals surface area contributed by atoms with Gasteiger partial charge in [0.25, 0.3) is 0 Å². The molecule has 0 radical (unpaired) electrons. The van der Waals surface area contributed by atoms with E-state index >= 15 is 0 Å². The molecule has 3 N–H and O–H groups in total. The molecule has 100 valence electrons. The van der Waals surface area contributed by atoms with Crippen molar-refractivity contribution in [1.82, 2.24) is 5.43 Å². The fraction of sp³-hybridized carbons (Fsp3) is 0.250. The van der Waals surface area contributed by atoms with Crippen molar-refractivity contribution in [2.24, 2.45) is 5.84 Å². The highest BCUT2D eigenvalue weighted by Crippen LogP contribution is 2.14. The lowest BCUT2D eigenvalue weighted by molar-refractivity contribution is 0.521. The van der Waals surface area contributed by atoms with Crippen molar-refractivity contribution in [3.05, 3.63) is 71.0 Å². The number of aryl methyl sites for hydroxylation is 1. The number of nitrogens with two attached hydrogens (primary N) is 1. The smallest absolute Gasteiger partial charge is 0.123 e. The van der Waals surface area contributed by atoms with Gasteiger partial charge >= 0.3 is 0 Å². The number of halogens is 1. The van der Waals surface area contributed by atoms with Gasteiger partial charge < -0.3 is 0 Å². The zero-order valence-electron chi connectivity index (χ0n) is 11.1. The predicted molar refractivity (Wildman–Crippen MR) is 76.1 cm³/mol. The quantitative estimate of drug-likeness (QED) is 0.639. The molecule has 0 aliphatic rings. The van der Waals surface area contributed by atoms with Crippen molar-refractivity contribution >= 4 is 0 Å². The molecule has 0 aliphatic heterocycles. The van der Waals surface area contributed by atoms with Crippen LogP contribution in [0.1, 0.15) is 16.7 Å². The van der Waals surface area contributed by atoms with E-state index in [4.69, 9.17) is 5.84 Å². The number of rotatable bonds is 5. The molecule has 1 atom stereocenters. The summed E-state index contributed by atoms with van der Waals surface area (Å²) >= 11 is 0. The first kappa shape index (κ1) is 13.7. The zero-order chi connectivity index (χ0) is 13.7. The van der Waals surface area contributed by atoms with Gasteiger partial charge in [-0.3, -0.25) is 11.3 Å². The third kappa shape index (κ3) is 3.88. The Balaban J connectivity index is 2.06. The topological polar surface area (TPSA) is 38.0 Å². The third-order valence-electron chi connectivity index (χ3n) is 3.33. The molecule has 19 heavy (non-hydrogen) atoms. The average molecular weight is 258 g/mol. The largest absolute Gasteiger partial charge is 0.271 e. The van der Waals surface area contributed by atoms with Crippen LogP contribution in [0.2, 0.25) is 0 Å². The maximum Gasteiger partial charge on any atom is 0.123 e. The van der Waals surface area contributed by atoms with Gasteiger partial charge in [-0.25, -0.2) is 4.39 Å². The van der Waals surface area contributed by atoms with Gasteiger partial charge in [0, 0.05) is 6.04 Å². The minimum Gasteiger partial charge on any atom is -0.271 e. The Kier molecular flexibility index (Phi) is 4.66. The van der Waals surface area contributed by atoms with Gasteiger partial charge in [0.15, 0.2) is 0 Å². The lowest BCUT2D eigenvalue weighted by Crippen LogP contribution is -2.38. The molecule has 2 aromatic rings. The molecule has 2 rings (SSSR count). The van der Waals surface area contributed by atoms with Crippen LogP contribution in [-0.4, -0.2) is 6.04 Å². The Morgan fingerprint density at radius 2 is 1.84 bits per heavy atom. The van der Waals surface area contributed by atoms with E-state index in [1.807, 2.05) is 31.2 Å². The molecule has 0 heterocycles. The van der Waals surface area contributed by atoms with Crippen LogP contribution in [-0.2, 0) is 12.8 Å². The van der Waals surface area contributed by atoms with Crippen LogP contribution in [0, 0.1) is 12.7 Å². The van der Waals surface area contributed by atoms with Crippen LogP contribution < -0.4 is 11.3 Å². The van der Waals surface area contributed by atoms with Crippen LogP contribution in [0.25, 0.3) is 0 Å². The number of hydrazine groups is 1. The molecule has 0 aliphatic carbocycles. The fourth-order valence-corrected chi connectivity index (χ4v) is 2.24. The molecule has 0 spiro atoms. The summed E-state index contributed by atoms with van der Waals surface area (Å²) in [5.74, 6) is 5.43. The Hall–Kier alpha value is -1.71. The van der Waals surface area contributed by atoms with Gasteiger partial charge in [0.05, 0.1) is 0 Å². The maximum atomic E-state index is 13.1. The molecule has 0 saturated carbocycles. The van der Waals surface area contributed by atoms with Crippen molar-refractivity contribution in [1.29, 1.82) is 0 Å². The van der Waals surface area contributed by atoms with Crippen LogP contribution in [0.5, 0.6) is 0 Å². The number of nitrogens with one attached hydrogen (secondary N) is 1. The molecule has 1 unspecified atom stereocenters. The van der Waals surface area contributed by atoms with Crippen LogP contribution in [0.4, 0.5) is 4.39 Å². The number of hydrogen-bond donors (Lipinski definition) is 2. The molecular weight excluding hydrogens is 239 g/mol. The minimum absolute atomic E-state index is 0.145. The summed E-state index contributed by atoms with van der Waals surface area (Å²) < 4.78 is 13.1. The summed E-state index contributed by atoms with van der Waals surface area (Å²) in [5.41, 5.74) is 6.18. The first-order valence-corrected chi connectivity index (χ1v) is 6.44. The summed E-state index contributed by atoms with van der Waals surface area (Å²) in [7, 11) is 0. The first-order chi connectivity index (χ1) is 9.19. The van der Waals surface area contributed by atoms with Gasteiger partial charge in [-0.15, -0.1) is 0 Å². The molecule has 2 aromatic carbocycles. The SMILES string of the molecule is Cc1cc(F)ccc1CC(Cc1ccccc1)NN. The molecule has 0 fully saturated rings. The molecular formula is C16H19FN2. The zero-order valence-corrected chi connectivity index (χ0v) is 11.1. The van der Waals surface area contributed by atoms with Crippen molar-refractivity contribution in [3.8, 4) is 0 Å². The Bertz CT molecular complexity index is 526. The highest BCUT2D eigenvalue weighted by Gasteiger charge is 2.10. The van der Waals surface area contributed by atoms with E-state index in [0.717, 1.165) is 24.0 Å².